The third-order valence-corrected chi connectivity index (χ3v) is 8.96. The second-order valence-corrected chi connectivity index (χ2v) is 12.0. The molecule has 220 valence electrons. The van der Waals surface area contributed by atoms with Crippen LogP contribution in [0.3, 0.4) is 0 Å². The Balaban J connectivity index is 1.44. The molecule has 2 amide bonds. The van der Waals surface area contributed by atoms with Gasteiger partial charge in [0.2, 0.25) is 18.6 Å². The van der Waals surface area contributed by atoms with E-state index in [2.05, 4.69) is 27.9 Å². The van der Waals surface area contributed by atoms with Crippen LogP contribution in [0.25, 0.3) is 0 Å². The summed E-state index contributed by atoms with van der Waals surface area (Å²) in [4.78, 5) is 28.7. The number of aliphatic hydroxyl groups is 2. The van der Waals surface area contributed by atoms with Crippen LogP contribution in [0.4, 0.5) is 0 Å². The summed E-state index contributed by atoms with van der Waals surface area (Å²) in [6.45, 7) is 0.303. The van der Waals surface area contributed by atoms with Crippen molar-refractivity contribution >= 4 is 34.4 Å². The highest BCUT2D eigenvalue weighted by atomic mass is 127. The van der Waals surface area contributed by atoms with E-state index < -0.39 is 18.2 Å². The Labute approximate surface area is 254 Å². The van der Waals surface area contributed by atoms with Crippen LogP contribution in [0.1, 0.15) is 50.5 Å². The Morgan fingerprint density at radius 2 is 1.88 bits per heavy atom. The van der Waals surface area contributed by atoms with Crippen LogP contribution in [0.15, 0.2) is 54.1 Å². The van der Waals surface area contributed by atoms with Crippen LogP contribution < -0.4 is 19.5 Å². The molecule has 2 aliphatic carbocycles. The van der Waals surface area contributed by atoms with E-state index in [1.807, 2.05) is 42.5 Å². The van der Waals surface area contributed by atoms with Crippen LogP contribution in [0.2, 0.25) is 0 Å². The molecule has 41 heavy (non-hydrogen) atoms. The maximum atomic E-state index is 13.9. The molecule has 3 aliphatic rings. The number of aliphatic hydroxyl groups excluding tert-OH is 2. The van der Waals surface area contributed by atoms with E-state index in [9.17, 15) is 19.8 Å². The highest BCUT2D eigenvalue weighted by Crippen LogP contribution is 2.35. The Kier molecular flexibility index (Phi) is 10.0. The van der Waals surface area contributed by atoms with Crippen molar-refractivity contribution in [3.05, 3.63) is 63.2 Å². The van der Waals surface area contributed by atoms with Gasteiger partial charge in [0.1, 0.15) is 18.0 Å². The zero-order valence-corrected chi connectivity index (χ0v) is 25.1. The SMILES string of the molecule is O=C(NCCO)C1=CC(Oc2ccccc2I)C(O)C(N(Cc2ccc3c(c2)OCO3)C(=O)CCC2CCCC2)C1. The Morgan fingerprint density at radius 3 is 2.66 bits per heavy atom. The van der Waals surface area contributed by atoms with E-state index in [1.54, 1.807) is 11.0 Å². The third kappa shape index (κ3) is 7.34. The lowest BCUT2D eigenvalue weighted by Gasteiger charge is -2.41. The van der Waals surface area contributed by atoms with E-state index >= 15 is 0 Å². The number of rotatable bonds is 11. The predicted octanol–water partition coefficient (Wildman–Crippen LogP) is 3.93. The summed E-state index contributed by atoms with van der Waals surface area (Å²) in [6, 6.07) is 12.3. The lowest BCUT2D eigenvalue weighted by molar-refractivity contribution is -0.139. The second-order valence-electron chi connectivity index (χ2n) is 10.8. The number of halogens is 1. The fourth-order valence-corrected chi connectivity index (χ4v) is 6.38. The first-order valence-electron chi connectivity index (χ1n) is 14.3. The summed E-state index contributed by atoms with van der Waals surface area (Å²) in [5.41, 5.74) is 1.25. The molecule has 2 aromatic carbocycles. The van der Waals surface area contributed by atoms with Gasteiger partial charge < -0.3 is 34.6 Å². The van der Waals surface area contributed by atoms with Gasteiger partial charge in [-0.25, -0.2) is 0 Å². The quantitative estimate of drug-likeness (QED) is 0.309. The maximum Gasteiger partial charge on any atom is 0.247 e. The van der Waals surface area contributed by atoms with E-state index in [0.717, 1.165) is 28.4 Å². The van der Waals surface area contributed by atoms with Gasteiger partial charge >= 0.3 is 0 Å². The number of hydrogen-bond donors (Lipinski definition) is 3. The van der Waals surface area contributed by atoms with Crippen molar-refractivity contribution in [1.29, 1.82) is 0 Å². The van der Waals surface area contributed by atoms with E-state index in [1.165, 1.54) is 12.8 Å². The number of nitrogens with zero attached hydrogens (tertiary/aromatic N) is 1. The standard InChI is InChI=1S/C31H37IN2O7/c32-23-7-3-4-8-25(23)41-28-17-22(31(38)33-13-14-35)16-24(30(28)37)34(29(36)12-10-20-5-1-2-6-20)18-21-9-11-26-27(15-21)40-19-39-26/h3-4,7-9,11,15,17,20,24,28,30,35,37H,1-2,5-6,10,12-14,16,18-19H2,(H,33,38). The van der Waals surface area contributed by atoms with Crippen LogP contribution in [-0.4, -0.2) is 65.1 Å². The first-order valence-corrected chi connectivity index (χ1v) is 15.4. The number of nitrogens with one attached hydrogen (secondary N) is 1. The molecule has 1 heterocycles. The molecule has 1 fully saturated rings. The molecule has 5 rings (SSSR count). The van der Waals surface area contributed by atoms with E-state index in [4.69, 9.17) is 14.2 Å². The number of para-hydroxylation sites is 1. The van der Waals surface area contributed by atoms with Crippen molar-refractivity contribution in [2.24, 2.45) is 5.92 Å². The van der Waals surface area contributed by atoms with Gasteiger partial charge in [0.05, 0.1) is 16.2 Å². The van der Waals surface area contributed by atoms with Gasteiger partial charge in [0.15, 0.2) is 11.5 Å². The fraction of sp³-hybridized carbons (Fsp3) is 0.484. The number of fused-ring (bicyclic) bond motifs is 1. The average Bonchev–Trinajstić information content (AvgIpc) is 3.68. The molecule has 1 aliphatic heterocycles. The van der Waals surface area contributed by atoms with Crippen molar-refractivity contribution in [3.8, 4) is 17.2 Å². The monoisotopic (exact) mass is 676 g/mol. The molecular formula is C31H37IN2O7. The molecule has 3 unspecified atom stereocenters. The molecule has 9 nitrogen and oxygen atoms in total. The minimum Gasteiger partial charge on any atom is -0.482 e. The number of carbonyl (C=O) groups excluding carboxylic acids is 2. The summed E-state index contributed by atoms with van der Waals surface area (Å²) in [5, 5.41) is 23.7. The van der Waals surface area contributed by atoms with Crippen molar-refractivity contribution in [3.63, 3.8) is 0 Å². The number of hydrogen-bond acceptors (Lipinski definition) is 7. The summed E-state index contributed by atoms with van der Waals surface area (Å²) in [5.74, 6) is 1.98. The number of carbonyl (C=O) groups is 2. The van der Waals surface area contributed by atoms with Crippen molar-refractivity contribution < 1.29 is 34.0 Å². The van der Waals surface area contributed by atoms with Gasteiger partial charge in [-0.2, -0.15) is 0 Å². The van der Waals surface area contributed by atoms with Crippen LogP contribution >= 0.6 is 22.6 Å². The normalized spacial score (nSPS) is 21.8. The molecule has 0 saturated heterocycles. The second kappa shape index (κ2) is 13.9. The lowest BCUT2D eigenvalue weighted by atomic mass is 9.87. The summed E-state index contributed by atoms with van der Waals surface area (Å²) >= 11 is 2.17. The van der Waals surface area contributed by atoms with Gasteiger partial charge in [-0.05, 0) is 70.8 Å². The first kappa shape index (κ1) is 29.7. The van der Waals surface area contributed by atoms with Gasteiger partial charge in [-0.1, -0.05) is 43.9 Å². The van der Waals surface area contributed by atoms with Crippen molar-refractivity contribution in [2.75, 3.05) is 19.9 Å². The largest absolute Gasteiger partial charge is 0.482 e. The zero-order chi connectivity index (χ0) is 28.8. The van der Waals surface area contributed by atoms with Gasteiger partial charge in [0, 0.05) is 31.5 Å². The Hall–Kier alpha value is -2.83. The molecule has 0 aromatic heterocycles. The minimum absolute atomic E-state index is 0.0660. The number of benzene rings is 2. The molecular weight excluding hydrogens is 639 g/mol. The van der Waals surface area contributed by atoms with Crippen LogP contribution in [-0.2, 0) is 16.1 Å². The van der Waals surface area contributed by atoms with Gasteiger partial charge in [-0.15, -0.1) is 0 Å². The lowest BCUT2D eigenvalue weighted by Crippen LogP contribution is -2.54. The number of amides is 2. The first-order chi connectivity index (χ1) is 19.9. The Morgan fingerprint density at radius 1 is 1.10 bits per heavy atom. The maximum absolute atomic E-state index is 13.9. The van der Waals surface area contributed by atoms with E-state index in [-0.39, 0.29) is 44.7 Å². The zero-order valence-electron chi connectivity index (χ0n) is 23.0. The minimum atomic E-state index is -1.08. The molecule has 2 aromatic rings. The molecule has 0 spiro atoms. The smallest absolute Gasteiger partial charge is 0.247 e. The van der Waals surface area contributed by atoms with Crippen LogP contribution in [0, 0.1) is 9.49 Å². The van der Waals surface area contributed by atoms with E-state index in [0.29, 0.717) is 35.2 Å². The molecule has 1 saturated carbocycles. The summed E-state index contributed by atoms with van der Waals surface area (Å²) < 4.78 is 18.1. The Bertz CT molecular complexity index is 1260. The summed E-state index contributed by atoms with van der Waals surface area (Å²) in [6.07, 6.45) is 5.73. The third-order valence-electron chi connectivity index (χ3n) is 8.07. The van der Waals surface area contributed by atoms with Crippen molar-refractivity contribution in [2.45, 2.75) is 69.7 Å². The number of ether oxygens (including phenoxy) is 3. The topological polar surface area (TPSA) is 118 Å². The average molecular weight is 677 g/mol. The fourth-order valence-electron chi connectivity index (χ4n) is 5.86. The molecule has 3 N–H and O–H groups in total. The highest BCUT2D eigenvalue weighted by Gasteiger charge is 2.40. The van der Waals surface area contributed by atoms with Gasteiger partial charge in [0.25, 0.3) is 0 Å². The molecule has 3 atom stereocenters. The van der Waals surface area contributed by atoms with Crippen molar-refractivity contribution in [1.82, 2.24) is 10.2 Å². The van der Waals surface area contributed by atoms with Crippen LogP contribution in [0.5, 0.6) is 17.2 Å². The predicted molar refractivity (Wildman–Crippen MR) is 160 cm³/mol. The molecule has 0 bridgehead atoms. The molecule has 10 heteroatoms. The van der Waals surface area contributed by atoms with Gasteiger partial charge in [-0.3, -0.25) is 9.59 Å². The molecule has 0 radical (unpaired) electrons. The highest BCUT2D eigenvalue weighted by molar-refractivity contribution is 14.1. The summed E-state index contributed by atoms with van der Waals surface area (Å²) in [7, 11) is 0.